The van der Waals surface area contributed by atoms with Crippen LogP contribution in [-0.2, 0) is 16.3 Å². The van der Waals surface area contributed by atoms with Crippen molar-refractivity contribution in [2.45, 2.75) is 56.2 Å². The van der Waals surface area contributed by atoms with Gasteiger partial charge < -0.3 is 5.73 Å². The van der Waals surface area contributed by atoms with Crippen molar-refractivity contribution in [3.8, 4) is 0 Å². The number of rotatable bonds is 2. The first kappa shape index (κ1) is 17.1. The molecule has 4 nitrogen and oxygen atoms in total. The third-order valence-corrected chi connectivity index (χ3v) is 9.08. The van der Waals surface area contributed by atoms with Gasteiger partial charge in [0.05, 0.1) is 20.5 Å². The quantitative estimate of drug-likeness (QED) is 0.805. The standard InChI is InChI=1S/C16H21ClN2O2S2/c1-10(20)12-8-11(17)13(22-12)15(2)9-23(21)16(14(18)19-15)6-4-3-5-7-16/h8H,3-7,9H2,1-2H3,(H2,18,19)/t15-,23?/m0/s1. The van der Waals surface area contributed by atoms with Crippen molar-refractivity contribution in [1.82, 2.24) is 0 Å². The average Bonchev–Trinajstić information content (AvgIpc) is 2.89. The zero-order valence-electron chi connectivity index (χ0n) is 13.4. The summed E-state index contributed by atoms with van der Waals surface area (Å²) in [6.45, 7) is 3.43. The molecule has 2 aliphatic rings. The normalized spacial score (nSPS) is 30.2. The van der Waals surface area contributed by atoms with E-state index in [1.165, 1.54) is 24.7 Å². The fourth-order valence-electron chi connectivity index (χ4n) is 3.54. The van der Waals surface area contributed by atoms with E-state index in [-0.39, 0.29) is 5.78 Å². The maximum atomic E-state index is 13.1. The maximum Gasteiger partial charge on any atom is 0.169 e. The molecular formula is C16H21ClN2O2S2. The Hall–Kier alpha value is -0.720. The van der Waals surface area contributed by atoms with Crippen LogP contribution in [0.2, 0.25) is 5.02 Å². The topological polar surface area (TPSA) is 72.5 Å². The highest BCUT2D eigenvalue weighted by molar-refractivity contribution is 7.87. The number of Topliss-reactive ketones (excluding diaryl/α,β-unsaturated/α-hetero) is 1. The zero-order chi connectivity index (χ0) is 16.8. The lowest BCUT2D eigenvalue weighted by molar-refractivity contribution is 0.102. The first-order valence-electron chi connectivity index (χ1n) is 7.83. The van der Waals surface area contributed by atoms with Gasteiger partial charge >= 0.3 is 0 Å². The van der Waals surface area contributed by atoms with Crippen LogP contribution in [0.25, 0.3) is 0 Å². The molecule has 1 saturated carbocycles. The molecular weight excluding hydrogens is 352 g/mol. The number of carbonyl (C=O) groups excluding carboxylic acids is 1. The van der Waals surface area contributed by atoms with Gasteiger partial charge in [-0.3, -0.25) is 14.0 Å². The van der Waals surface area contributed by atoms with E-state index in [2.05, 4.69) is 0 Å². The molecule has 1 aliphatic carbocycles. The maximum absolute atomic E-state index is 13.1. The third-order valence-electron chi connectivity index (χ3n) is 4.87. The SMILES string of the molecule is CC(=O)c1cc(Cl)c([C@]2(C)CS(=O)C3(CCCCC3)C(N)=N2)s1. The van der Waals surface area contributed by atoms with E-state index in [4.69, 9.17) is 22.3 Å². The first-order valence-corrected chi connectivity index (χ1v) is 10.3. The molecule has 1 aromatic rings. The van der Waals surface area contributed by atoms with Crippen LogP contribution >= 0.6 is 22.9 Å². The number of nitrogens with two attached hydrogens (primary N) is 1. The summed E-state index contributed by atoms with van der Waals surface area (Å²) in [6, 6.07) is 1.68. The summed E-state index contributed by atoms with van der Waals surface area (Å²) < 4.78 is 12.6. The van der Waals surface area contributed by atoms with Crippen molar-refractivity contribution >= 4 is 45.4 Å². The molecule has 2 atom stereocenters. The Labute approximate surface area is 148 Å². The second kappa shape index (κ2) is 5.97. The average molecular weight is 373 g/mol. The van der Waals surface area contributed by atoms with E-state index < -0.39 is 21.1 Å². The molecule has 1 unspecified atom stereocenters. The smallest absolute Gasteiger partial charge is 0.169 e. The van der Waals surface area contributed by atoms with Gasteiger partial charge in [0.15, 0.2) is 5.78 Å². The lowest BCUT2D eigenvalue weighted by Crippen LogP contribution is -2.56. The number of nitrogens with zero attached hydrogens (tertiary/aromatic N) is 1. The second-order valence-electron chi connectivity index (χ2n) is 6.66. The summed E-state index contributed by atoms with van der Waals surface area (Å²) in [7, 11) is -1.09. The number of hydrogen-bond acceptors (Lipinski definition) is 5. The van der Waals surface area contributed by atoms with Crippen molar-refractivity contribution in [2.75, 3.05) is 5.75 Å². The molecule has 2 heterocycles. The largest absolute Gasteiger partial charge is 0.386 e. The van der Waals surface area contributed by atoms with Crippen LogP contribution in [0, 0.1) is 0 Å². The third kappa shape index (κ3) is 2.79. The fourth-order valence-corrected chi connectivity index (χ4v) is 7.18. The van der Waals surface area contributed by atoms with Crippen LogP contribution in [0.3, 0.4) is 0 Å². The van der Waals surface area contributed by atoms with Gasteiger partial charge in [-0.25, -0.2) is 0 Å². The van der Waals surface area contributed by atoms with E-state index >= 15 is 0 Å². The molecule has 0 radical (unpaired) electrons. The summed E-state index contributed by atoms with van der Waals surface area (Å²) in [5.41, 5.74) is 5.60. The van der Waals surface area contributed by atoms with E-state index in [1.807, 2.05) is 6.92 Å². The molecule has 0 bridgehead atoms. The van der Waals surface area contributed by atoms with Gasteiger partial charge in [0, 0.05) is 10.8 Å². The molecule has 126 valence electrons. The summed E-state index contributed by atoms with van der Waals surface area (Å²) in [6.07, 6.45) is 4.96. The molecule has 0 saturated heterocycles. The van der Waals surface area contributed by atoms with Crippen LogP contribution in [0.4, 0.5) is 0 Å². The number of amidine groups is 1. The van der Waals surface area contributed by atoms with Crippen molar-refractivity contribution in [2.24, 2.45) is 10.7 Å². The van der Waals surface area contributed by atoms with Crippen LogP contribution in [0.15, 0.2) is 11.1 Å². The van der Waals surface area contributed by atoms with Crippen LogP contribution in [0.5, 0.6) is 0 Å². The Morgan fingerprint density at radius 1 is 1.39 bits per heavy atom. The second-order valence-corrected chi connectivity index (χ2v) is 9.88. The number of thiophene rings is 1. The minimum atomic E-state index is -1.09. The van der Waals surface area contributed by atoms with Gasteiger partial charge in [-0.05, 0) is 32.8 Å². The number of aliphatic imine (C=N–C) groups is 1. The number of carbonyl (C=O) groups is 1. The molecule has 23 heavy (non-hydrogen) atoms. The highest BCUT2D eigenvalue weighted by atomic mass is 35.5. The van der Waals surface area contributed by atoms with Crippen LogP contribution in [-0.4, -0.2) is 26.3 Å². The van der Waals surface area contributed by atoms with E-state index in [1.54, 1.807) is 6.07 Å². The van der Waals surface area contributed by atoms with Gasteiger partial charge in [-0.2, -0.15) is 0 Å². The highest BCUT2D eigenvalue weighted by Gasteiger charge is 2.50. The highest BCUT2D eigenvalue weighted by Crippen LogP contribution is 2.45. The Kier molecular flexibility index (Phi) is 4.44. The summed E-state index contributed by atoms with van der Waals surface area (Å²) >= 11 is 7.67. The van der Waals surface area contributed by atoms with Crippen LogP contribution in [0.1, 0.15) is 60.5 Å². The van der Waals surface area contributed by atoms with Gasteiger partial charge in [-0.1, -0.05) is 30.9 Å². The number of hydrogen-bond donors (Lipinski definition) is 1. The van der Waals surface area contributed by atoms with Gasteiger partial charge in [0.1, 0.15) is 16.1 Å². The number of halogens is 1. The van der Waals surface area contributed by atoms with Gasteiger partial charge in [0.25, 0.3) is 0 Å². The molecule has 1 aromatic heterocycles. The Balaban J connectivity index is 2.04. The predicted molar refractivity (Wildman–Crippen MR) is 97.1 cm³/mol. The minimum Gasteiger partial charge on any atom is -0.386 e. The lowest BCUT2D eigenvalue weighted by atomic mass is 9.86. The Morgan fingerprint density at radius 3 is 2.57 bits per heavy atom. The molecule has 1 fully saturated rings. The Bertz CT molecular complexity index is 707. The molecule has 1 spiro atoms. The predicted octanol–water partition coefficient (Wildman–Crippen LogP) is 3.64. The molecule has 3 rings (SSSR count). The summed E-state index contributed by atoms with van der Waals surface area (Å²) in [4.78, 5) is 17.7. The van der Waals surface area contributed by atoms with E-state index in [9.17, 15) is 9.00 Å². The van der Waals surface area contributed by atoms with Crippen molar-refractivity contribution in [3.05, 3.63) is 20.8 Å². The minimum absolute atomic E-state index is 0.0237. The van der Waals surface area contributed by atoms with Gasteiger partial charge in [0.2, 0.25) is 0 Å². The number of ketones is 1. The monoisotopic (exact) mass is 372 g/mol. The van der Waals surface area contributed by atoms with E-state index in [0.717, 1.165) is 30.6 Å². The molecule has 0 amide bonds. The van der Waals surface area contributed by atoms with Crippen LogP contribution < -0.4 is 5.73 Å². The molecule has 2 N–H and O–H groups in total. The van der Waals surface area contributed by atoms with Crippen molar-refractivity contribution in [3.63, 3.8) is 0 Å². The molecule has 7 heteroatoms. The van der Waals surface area contributed by atoms with Crippen molar-refractivity contribution < 1.29 is 9.00 Å². The Morgan fingerprint density at radius 2 is 2.04 bits per heavy atom. The zero-order valence-corrected chi connectivity index (χ0v) is 15.7. The van der Waals surface area contributed by atoms with Gasteiger partial charge in [-0.15, -0.1) is 11.3 Å². The summed E-state index contributed by atoms with van der Waals surface area (Å²) in [5, 5.41) is 0.510. The molecule has 1 aliphatic heterocycles. The lowest BCUT2D eigenvalue weighted by Gasteiger charge is -2.43. The molecule has 0 aromatic carbocycles. The fraction of sp³-hybridized carbons (Fsp3) is 0.625. The first-order chi connectivity index (χ1) is 10.8. The summed E-state index contributed by atoms with van der Waals surface area (Å²) in [5.74, 6) is 0.883. The van der Waals surface area contributed by atoms with Crippen molar-refractivity contribution in [1.29, 1.82) is 0 Å². The van der Waals surface area contributed by atoms with E-state index in [0.29, 0.717) is 21.5 Å².